The number of benzene rings is 1. The maximum absolute atomic E-state index is 13.9. The Balaban J connectivity index is 1.94. The van der Waals surface area contributed by atoms with E-state index in [9.17, 15) is 18.9 Å². The highest BCUT2D eigenvalue weighted by Gasteiger charge is 2.31. The molecule has 0 aliphatic carbocycles. The Morgan fingerprint density at radius 1 is 1.38 bits per heavy atom. The van der Waals surface area contributed by atoms with Crippen molar-refractivity contribution in [3.63, 3.8) is 0 Å². The number of aromatic nitrogens is 2. The first-order valence-electron chi connectivity index (χ1n) is 6.47. The summed E-state index contributed by atoms with van der Waals surface area (Å²) in [5.74, 6) is -0.848. The van der Waals surface area contributed by atoms with E-state index in [2.05, 4.69) is 10.2 Å². The average molecular weight is 294 g/mol. The van der Waals surface area contributed by atoms with E-state index in [0.29, 0.717) is 18.8 Å². The fourth-order valence-electron chi connectivity index (χ4n) is 2.69. The number of halogens is 2. The van der Waals surface area contributed by atoms with Crippen LogP contribution in [0, 0.1) is 21.7 Å². The van der Waals surface area contributed by atoms with Gasteiger partial charge in [0.25, 0.3) is 0 Å². The molecule has 0 amide bonds. The van der Waals surface area contributed by atoms with E-state index >= 15 is 0 Å². The predicted octanol–water partition coefficient (Wildman–Crippen LogP) is 2.94. The summed E-state index contributed by atoms with van der Waals surface area (Å²) in [4.78, 5) is 11.8. The Hall–Kier alpha value is -2.51. The molecule has 0 spiro atoms. The quantitative estimate of drug-likeness (QED) is 0.697. The molecule has 0 unspecified atom stereocenters. The Morgan fingerprint density at radius 3 is 2.90 bits per heavy atom. The second-order valence-corrected chi connectivity index (χ2v) is 4.89. The molecule has 8 heteroatoms. The second-order valence-electron chi connectivity index (χ2n) is 4.89. The number of hydrogen-bond donors (Lipinski definition) is 1. The molecule has 1 N–H and O–H groups in total. The largest absolute Gasteiger partial charge is 0.391 e. The minimum absolute atomic E-state index is 0.254. The Bertz CT molecular complexity index is 689. The fraction of sp³-hybridized carbons (Fsp3) is 0.308. The molecule has 1 aromatic carbocycles. The lowest BCUT2D eigenvalue weighted by atomic mass is 10.0. The van der Waals surface area contributed by atoms with Crippen LogP contribution >= 0.6 is 0 Å². The van der Waals surface area contributed by atoms with Crippen molar-refractivity contribution in [2.75, 3.05) is 11.4 Å². The molecule has 0 bridgehead atoms. The van der Waals surface area contributed by atoms with Gasteiger partial charge in [-0.1, -0.05) is 0 Å². The Morgan fingerprint density at radius 2 is 2.19 bits per heavy atom. The van der Waals surface area contributed by atoms with E-state index < -0.39 is 16.6 Å². The summed E-state index contributed by atoms with van der Waals surface area (Å²) in [5.41, 5.74) is 0.254. The van der Waals surface area contributed by atoms with Crippen LogP contribution in [0.2, 0.25) is 0 Å². The van der Waals surface area contributed by atoms with Crippen LogP contribution in [0.15, 0.2) is 24.3 Å². The van der Waals surface area contributed by atoms with Gasteiger partial charge in [0, 0.05) is 12.1 Å². The van der Waals surface area contributed by atoms with Crippen molar-refractivity contribution >= 4 is 11.6 Å². The summed E-state index contributed by atoms with van der Waals surface area (Å²) in [6.07, 6.45) is 1.43. The number of nitrogens with one attached hydrogen (secondary N) is 1. The van der Waals surface area contributed by atoms with Crippen molar-refractivity contribution in [1.82, 2.24) is 10.2 Å². The molecule has 2 aromatic rings. The first kappa shape index (κ1) is 13.5. The Labute approximate surface area is 118 Å². The standard InChI is InChI=1S/C13H12F2N4O2/c14-8-3-4-10(15)9(6-8)11-2-1-5-18(11)12-7-13(17-16-12)19(20)21/h3-4,6-7,11H,1-2,5H2,(H,16,17)/t11-/m1/s1. The van der Waals surface area contributed by atoms with Gasteiger partial charge in [0.2, 0.25) is 0 Å². The van der Waals surface area contributed by atoms with Crippen LogP contribution in [-0.4, -0.2) is 21.7 Å². The molecule has 0 saturated carbocycles. The van der Waals surface area contributed by atoms with Gasteiger partial charge in [-0.25, -0.2) is 8.78 Å². The minimum atomic E-state index is -0.603. The van der Waals surface area contributed by atoms with Gasteiger partial charge < -0.3 is 15.0 Å². The summed E-state index contributed by atoms with van der Waals surface area (Å²) >= 11 is 0. The molecule has 1 aliphatic rings. The monoisotopic (exact) mass is 294 g/mol. The fourth-order valence-corrected chi connectivity index (χ4v) is 2.69. The van der Waals surface area contributed by atoms with E-state index in [1.165, 1.54) is 12.1 Å². The molecular weight excluding hydrogens is 282 g/mol. The van der Waals surface area contributed by atoms with E-state index in [1.54, 1.807) is 4.90 Å². The number of H-pyrrole nitrogens is 1. The highest BCUT2D eigenvalue weighted by molar-refractivity contribution is 5.48. The van der Waals surface area contributed by atoms with Crippen molar-refractivity contribution in [1.29, 1.82) is 0 Å². The van der Waals surface area contributed by atoms with Gasteiger partial charge in [-0.15, -0.1) is 0 Å². The van der Waals surface area contributed by atoms with Crippen LogP contribution in [0.4, 0.5) is 20.4 Å². The summed E-state index contributed by atoms with van der Waals surface area (Å²) in [5, 5.41) is 16.9. The zero-order valence-electron chi connectivity index (χ0n) is 10.9. The van der Waals surface area contributed by atoms with E-state index in [1.807, 2.05) is 0 Å². The smallest absolute Gasteiger partial charge is 0.358 e. The summed E-state index contributed by atoms with van der Waals surface area (Å²) in [6.45, 7) is 0.597. The first-order chi connectivity index (χ1) is 10.1. The van der Waals surface area contributed by atoms with Crippen molar-refractivity contribution in [3.8, 4) is 0 Å². The van der Waals surface area contributed by atoms with Gasteiger partial charge in [-0.3, -0.25) is 0 Å². The average Bonchev–Trinajstić information content (AvgIpc) is 3.08. The molecule has 1 fully saturated rings. The number of anilines is 1. The summed E-state index contributed by atoms with van der Waals surface area (Å²) in [7, 11) is 0. The van der Waals surface area contributed by atoms with Crippen LogP contribution < -0.4 is 4.90 Å². The summed E-state index contributed by atoms with van der Waals surface area (Å²) in [6, 6.07) is 4.27. The van der Waals surface area contributed by atoms with Crippen LogP contribution in [0.1, 0.15) is 24.4 Å². The van der Waals surface area contributed by atoms with Crippen LogP contribution in [0.25, 0.3) is 0 Å². The molecule has 1 saturated heterocycles. The van der Waals surface area contributed by atoms with Crippen LogP contribution in [0.5, 0.6) is 0 Å². The van der Waals surface area contributed by atoms with Gasteiger partial charge in [0.15, 0.2) is 5.82 Å². The van der Waals surface area contributed by atoms with E-state index in [0.717, 1.165) is 18.6 Å². The lowest BCUT2D eigenvalue weighted by Gasteiger charge is -2.24. The lowest BCUT2D eigenvalue weighted by molar-refractivity contribution is -0.389. The van der Waals surface area contributed by atoms with Crippen molar-refractivity contribution in [3.05, 3.63) is 51.6 Å². The number of nitro groups is 1. The molecule has 3 rings (SSSR count). The van der Waals surface area contributed by atoms with E-state index in [-0.39, 0.29) is 17.4 Å². The topological polar surface area (TPSA) is 75.1 Å². The molecular formula is C13H12F2N4O2. The molecule has 1 aromatic heterocycles. The van der Waals surface area contributed by atoms with Gasteiger partial charge in [-0.05, 0) is 36.0 Å². The molecule has 0 radical (unpaired) electrons. The van der Waals surface area contributed by atoms with Crippen molar-refractivity contribution in [2.45, 2.75) is 18.9 Å². The number of nitrogens with zero attached hydrogens (tertiary/aromatic N) is 3. The lowest BCUT2D eigenvalue weighted by Crippen LogP contribution is -2.23. The zero-order valence-corrected chi connectivity index (χ0v) is 10.9. The predicted molar refractivity (Wildman–Crippen MR) is 70.9 cm³/mol. The minimum Gasteiger partial charge on any atom is -0.358 e. The van der Waals surface area contributed by atoms with Crippen molar-refractivity contribution < 1.29 is 13.7 Å². The Kier molecular flexibility index (Phi) is 3.28. The van der Waals surface area contributed by atoms with Gasteiger partial charge >= 0.3 is 5.82 Å². The molecule has 1 aliphatic heterocycles. The summed E-state index contributed by atoms with van der Waals surface area (Å²) < 4.78 is 27.3. The van der Waals surface area contributed by atoms with Gasteiger partial charge in [0.1, 0.15) is 11.6 Å². The third kappa shape index (κ3) is 2.44. The highest BCUT2D eigenvalue weighted by Crippen LogP contribution is 2.37. The van der Waals surface area contributed by atoms with Crippen LogP contribution in [-0.2, 0) is 0 Å². The van der Waals surface area contributed by atoms with Crippen LogP contribution in [0.3, 0.4) is 0 Å². The van der Waals surface area contributed by atoms with Crippen molar-refractivity contribution in [2.24, 2.45) is 0 Å². The maximum Gasteiger partial charge on any atom is 0.391 e. The van der Waals surface area contributed by atoms with Gasteiger partial charge in [-0.2, -0.15) is 5.10 Å². The van der Waals surface area contributed by atoms with Gasteiger partial charge in [0.05, 0.1) is 17.2 Å². The first-order valence-corrected chi connectivity index (χ1v) is 6.47. The second kappa shape index (κ2) is 5.12. The zero-order chi connectivity index (χ0) is 15.0. The molecule has 6 nitrogen and oxygen atoms in total. The maximum atomic E-state index is 13.9. The molecule has 21 heavy (non-hydrogen) atoms. The highest BCUT2D eigenvalue weighted by atomic mass is 19.1. The normalized spacial score (nSPS) is 18.2. The molecule has 110 valence electrons. The number of rotatable bonds is 3. The third-order valence-corrected chi connectivity index (χ3v) is 3.62. The van der Waals surface area contributed by atoms with E-state index in [4.69, 9.17) is 0 Å². The number of aromatic amines is 1. The SMILES string of the molecule is O=[N+]([O-])c1cc(N2CCC[C@@H]2c2cc(F)ccc2F)[nH]n1. The molecule has 1 atom stereocenters. The number of hydrogen-bond acceptors (Lipinski definition) is 4. The molecule has 2 heterocycles. The third-order valence-electron chi connectivity index (χ3n) is 3.62.